The lowest BCUT2D eigenvalue weighted by Crippen LogP contribution is -2.46. The number of nitrogens with one attached hydrogen (secondary N) is 2. The fraction of sp³-hybridized carbons (Fsp3) is 0.591. The number of carboxylic acid groups (broad SMARTS) is 1. The quantitative estimate of drug-likeness (QED) is 0.359. The van der Waals surface area contributed by atoms with Crippen molar-refractivity contribution in [2.24, 2.45) is 11.7 Å². The topological polar surface area (TPSA) is 122 Å². The first-order chi connectivity index (χ1) is 15.2. The van der Waals surface area contributed by atoms with Gasteiger partial charge in [0.1, 0.15) is 5.82 Å². The fourth-order valence-corrected chi connectivity index (χ4v) is 3.88. The van der Waals surface area contributed by atoms with Crippen molar-refractivity contribution in [2.45, 2.75) is 69.9 Å². The summed E-state index contributed by atoms with van der Waals surface area (Å²) >= 11 is 0. The maximum absolute atomic E-state index is 13.8. The van der Waals surface area contributed by atoms with E-state index in [1.807, 2.05) is 0 Å². The highest BCUT2D eigenvalue weighted by Gasteiger charge is 2.24. The maximum atomic E-state index is 13.8. The van der Waals surface area contributed by atoms with Crippen LogP contribution in [0.2, 0.25) is 0 Å². The second-order valence-electron chi connectivity index (χ2n) is 8.30. The van der Waals surface area contributed by atoms with E-state index < -0.39 is 41.4 Å². The Bertz CT molecular complexity index is 816. The molecule has 0 saturated heterocycles. The van der Waals surface area contributed by atoms with Gasteiger partial charge >= 0.3 is 5.97 Å². The van der Waals surface area contributed by atoms with E-state index in [4.69, 9.17) is 10.8 Å². The Labute approximate surface area is 184 Å². The number of hydrogen-bond donors (Lipinski definition) is 4. The SMILES string of the molecule is N[C@@H](CC(=O)N[C@@H](CCCC(=O)O)CNC(=O)C1CCCC1)Cc1cc(F)c(F)cc1F. The molecule has 10 heteroatoms. The van der Waals surface area contributed by atoms with Crippen molar-refractivity contribution in [2.75, 3.05) is 6.54 Å². The van der Waals surface area contributed by atoms with Crippen LogP contribution in [-0.4, -0.2) is 41.5 Å². The first kappa shape index (κ1) is 25.6. The van der Waals surface area contributed by atoms with Crippen LogP contribution in [-0.2, 0) is 20.8 Å². The van der Waals surface area contributed by atoms with E-state index in [1.165, 1.54) is 0 Å². The molecule has 1 aliphatic carbocycles. The Morgan fingerprint density at radius 1 is 1.09 bits per heavy atom. The molecule has 1 aliphatic rings. The van der Waals surface area contributed by atoms with E-state index >= 15 is 0 Å². The van der Waals surface area contributed by atoms with Gasteiger partial charge in [-0.1, -0.05) is 12.8 Å². The third-order valence-electron chi connectivity index (χ3n) is 5.58. The summed E-state index contributed by atoms with van der Waals surface area (Å²) < 4.78 is 40.2. The minimum Gasteiger partial charge on any atom is -0.481 e. The van der Waals surface area contributed by atoms with Crippen molar-refractivity contribution in [1.29, 1.82) is 0 Å². The van der Waals surface area contributed by atoms with Crippen LogP contribution in [0.1, 0.15) is 56.9 Å². The van der Waals surface area contributed by atoms with Crippen LogP contribution in [0.5, 0.6) is 0 Å². The van der Waals surface area contributed by atoms with Gasteiger partial charge in [0.2, 0.25) is 11.8 Å². The maximum Gasteiger partial charge on any atom is 0.303 e. The summed E-state index contributed by atoms with van der Waals surface area (Å²) in [6.45, 7) is 0.160. The van der Waals surface area contributed by atoms with Gasteiger partial charge in [0.05, 0.1) is 0 Å². The number of aliphatic carboxylic acids is 1. The van der Waals surface area contributed by atoms with Crippen molar-refractivity contribution in [1.82, 2.24) is 10.6 Å². The van der Waals surface area contributed by atoms with Crippen LogP contribution in [0.3, 0.4) is 0 Å². The van der Waals surface area contributed by atoms with E-state index in [-0.39, 0.29) is 43.2 Å². The number of carboxylic acids is 1. The zero-order chi connectivity index (χ0) is 23.7. The summed E-state index contributed by atoms with van der Waals surface area (Å²) in [5, 5.41) is 14.4. The third kappa shape index (κ3) is 8.49. The first-order valence-corrected chi connectivity index (χ1v) is 10.8. The summed E-state index contributed by atoms with van der Waals surface area (Å²) in [5.41, 5.74) is 5.76. The lowest BCUT2D eigenvalue weighted by atomic mass is 10.0. The molecular formula is C22H30F3N3O4. The Morgan fingerprint density at radius 3 is 2.41 bits per heavy atom. The van der Waals surface area contributed by atoms with Crippen molar-refractivity contribution in [3.05, 3.63) is 35.1 Å². The average Bonchev–Trinajstić information content (AvgIpc) is 3.24. The summed E-state index contributed by atoms with van der Waals surface area (Å²) in [5.74, 6) is -4.98. The molecule has 2 rings (SSSR count). The molecule has 0 unspecified atom stereocenters. The molecule has 1 saturated carbocycles. The molecular weight excluding hydrogens is 427 g/mol. The van der Waals surface area contributed by atoms with Gasteiger partial charge in [0, 0.05) is 43.5 Å². The van der Waals surface area contributed by atoms with E-state index in [0.29, 0.717) is 18.9 Å². The van der Waals surface area contributed by atoms with Crippen molar-refractivity contribution in [3.8, 4) is 0 Å². The van der Waals surface area contributed by atoms with Gasteiger partial charge < -0.3 is 21.5 Å². The lowest BCUT2D eigenvalue weighted by Gasteiger charge is -2.21. The van der Waals surface area contributed by atoms with Crippen LogP contribution >= 0.6 is 0 Å². The van der Waals surface area contributed by atoms with Crippen LogP contribution in [0, 0.1) is 23.4 Å². The highest BCUT2D eigenvalue weighted by Crippen LogP contribution is 2.24. The molecule has 0 spiro atoms. The molecule has 2 amide bonds. The van der Waals surface area contributed by atoms with Crippen LogP contribution < -0.4 is 16.4 Å². The van der Waals surface area contributed by atoms with E-state index in [1.54, 1.807) is 0 Å². The predicted molar refractivity (Wildman–Crippen MR) is 111 cm³/mol. The molecule has 1 fully saturated rings. The summed E-state index contributed by atoms with van der Waals surface area (Å²) in [6.07, 6.45) is 3.89. The molecule has 7 nitrogen and oxygen atoms in total. The number of amides is 2. The van der Waals surface area contributed by atoms with Gasteiger partial charge in [-0.15, -0.1) is 0 Å². The minimum atomic E-state index is -1.30. The highest BCUT2D eigenvalue weighted by atomic mass is 19.2. The average molecular weight is 457 g/mol. The molecule has 5 N–H and O–H groups in total. The Morgan fingerprint density at radius 2 is 1.75 bits per heavy atom. The molecule has 0 heterocycles. The molecule has 178 valence electrons. The van der Waals surface area contributed by atoms with Crippen LogP contribution in [0.4, 0.5) is 13.2 Å². The number of rotatable bonds is 12. The fourth-order valence-electron chi connectivity index (χ4n) is 3.88. The lowest BCUT2D eigenvalue weighted by molar-refractivity contribution is -0.137. The Hall–Kier alpha value is -2.62. The van der Waals surface area contributed by atoms with Crippen molar-refractivity contribution >= 4 is 17.8 Å². The Kier molecular flexibility index (Phi) is 9.96. The van der Waals surface area contributed by atoms with E-state index in [0.717, 1.165) is 31.7 Å². The second kappa shape index (κ2) is 12.4. The minimum absolute atomic E-state index is 0.0372. The number of halogens is 3. The second-order valence-corrected chi connectivity index (χ2v) is 8.30. The molecule has 0 bridgehead atoms. The molecule has 0 aliphatic heterocycles. The van der Waals surface area contributed by atoms with Crippen molar-refractivity contribution in [3.63, 3.8) is 0 Å². The normalized spacial score (nSPS) is 15.9. The Balaban J connectivity index is 1.88. The number of nitrogens with two attached hydrogens (primary N) is 1. The van der Waals surface area contributed by atoms with Gasteiger partial charge in [-0.2, -0.15) is 0 Å². The summed E-state index contributed by atoms with van der Waals surface area (Å²) in [7, 11) is 0. The standard InChI is InChI=1S/C22H30F3N3O4/c23-17-11-19(25)18(24)9-14(17)8-15(26)10-20(29)28-16(6-3-7-21(30)31)12-27-22(32)13-4-1-2-5-13/h9,11,13,15-16H,1-8,10,12,26H2,(H,27,32)(H,28,29)(H,30,31)/t15-,16+/m1/s1. The monoisotopic (exact) mass is 457 g/mol. The van der Waals surface area contributed by atoms with Gasteiger partial charge in [-0.25, -0.2) is 13.2 Å². The zero-order valence-corrected chi connectivity index (χ0v) is 17.8. The van der Waals surface area contributed by atoms with Gasteiger partial charge in [-0.3, -0.25) is 14.4 Å². The molecule has 0 radical (unpaired) electrons. The molecule has 2 atom stereocenters. The molecule has 1 aromatic carbocycles. The number of carbonyl (C=O) groups is 3. The van der Waals surface area contributed by atoms with Gasteiger partial charge in [0.25, 0.3) is 0 Å². The first-order valence-electron chi connectivity index (χ1n) is 10.8. The smallest absolute Gasteiger partial charge is 0.303 e. The van der Waals surface area contributed by atoms with Crippen molar-refractivity contribution < 1.29 is 32.7 Å². The van der Waals surface area contributed by atoms with Crippen LogP contribution in [0.25, 0.3) is 0 Å². The van der Waals surface area contributed by atoms with Gasteiger partial charge in [-0.05, 0) is 43.7 Å². The van der Waals surface area contributed by atoms with Gasteiger partial charge in [0.15, 0.2) is 11.6 Å². The van der Waals surface area contributed by atoms with E-state index in [2.05, 4.69) is 10.6 Å². The molecule has 1 aromatic rings. The third-order valence-corrected chi connectivity index (χ3v) is 5.58. The number of benzene rings is 1. The van der Waals surface area contributed by atoms with Crippen LogP contribution in [0.15, 0.2) is 12.1 Å². The largest absolute Gasteiger partial charge is 0.481 e. The predicted octanol–water partition coefficient (Wildman–Crippen LogP) is 2.41. The highest BCUT2D eigenvalue weighted by molar-refractivity contribution is 5.79. The number of carbonyl (C=O) groups excluding carboxylic acids is 2. The zero-order valence-electron chi connectivity index (χ0n) is 17.8. The number of hydrogen-bond acceptors (Lipinski definition) is 4. The molecule has 32 heavy (non-hydrogen) atoms. The molecule has 0 aromatic heterocycles. The van der Waals surface area contributed by atoms with E-state index in [9.17, 15) is 27.6 Å². The summed E-state index contributed by atoms with van der Waals surface area (Å²) in [4.78, 5) is 35.4. The summed E-state index contributed by atoms with van der Waals surface area (Å²) in [6, 6.07) is -0.180.